The second kappa shape index (κ2) is 14.8. The Morgan fingerprint density at radius 3 is 2.24 bits per heavy atom. The van der Waals surface area contributed by atoms with Crippen LogP contribution in [0.3, 0.4) is 0 Å². The van der Waals surface area contributed by atoms with E-state index in [0.717, 1.165) is 33.7 Å². The molecule has 0 heterocycles. The van der Waals surface area contributed by atoms with Gasteiger partial charge in [-0.2, -0.15) is 0 Å². The van der Waals surface area contributed by atoms with Crippen LogP contribution in [0.4, 0.5) is 10.1 Å². The van der Waals surface area contributed by atoms with Gasteiger partial charge in [0, 0.05) is 32.0 Å². The van der Waals surface area contributed by atoms with Crippen molar-refractivity contribution in [1.82, 2.24) is 10.2 Å². The summed E-state index contributed by atoms with van der Waals surface area (Å²) in [6.07, 6.45) is 2.21. The summed E-state index contributed by atoms with van der Waals surface area (Å²) in [5, 5.41) is 3.04. The van der Waals surface area contributed by atoms with E-state index in [1.165, 1.54) is 18.2 Å². The molecule has 3 aromatic rings. The molecule has 7 nitrogen and oxygen atoms in total. The first-order chi connectivity index (χ1) is 19.5. The largest absolute Gasteiger partial charge is 0.352 e. The Labute approximate surface area is 243 Å². The third-order valence-electron chi connectivity index (χ3n) is 6.98. The van der Waals surface area contributed by atoms with Gasteiger partial charge in [-0.15, -0.1) is 0 Å². The normalized spacial score (nSPS) is 12.8. The van der Waals surface area contributed by atoms with E-state index in [-0.39, 0.29) is 49.5 Å². The number of benzene rings is 3. The molecule has 0 saturated heterocycles. The number of nitrogens with one attached hydrogen (secondary N) is 1. The highest BCUT2D eigenvalue weighted by molar-refractivity contribution is 7.92. The third kappa shape index (κ3) is 9.42. The van der Waals surface area contributed by atoms with Crippen molar-refractivity contribution < 1.29 is 22.4 Å². The van der Waals surface area contributed by atoms with Gasteiger partial charge >= 0.3 is 0 Å². The molecule has 1 N–H and O–H groups in total. The van der Waals surface area contributed by atoms with Crippen LogP contribution in [0, 0.1) is 12.7 Å². The van der Waals surface area contributed by atoms with Gasteiger partial charge in [-0.25, -0.2) is 12.8 Å². The molecule has 3 rings (SSSR count). The van der Waals surface area contributed by atoms with Crippen LogP contribution >= 0.6 is 0 Å². The van der Waals surface area contributed by atoms with Crippen LogP contribution < -0.4 is 9.62 Å². The highest BCUT2D eigenvalue weighted by Gasteiger charge is 2.31. The van der Waals surface area contributed by atoms with Crippen molar-refractivity contribution in [2.24, 2.45) is 0 Å². The Balaban J connectivity index is 1.90. The van der Waals surface area contributed by atoms with E-state index < -0.39 is 21.9 Å². The molecule has 0 saturated carbocycles. The molecule has 0 spiro atoms. The third-order valence-corrected chi connectivity index (χ3v) is 8.16. The SMILES string of the molecule is CC[C@@H](C)NC(=O)[C@@H](Cc1ccccc1)N(Cc1cccc(C)c1)C(=O)CCCN(c1ccccc1F)S(C)(=O)=O. The van der Waals surface area contributed by atoms with Gasteiger partial charge in [-0.1, -0.05) is 79.2 Å². The van der Waals surface area contributed by atoms with Gasteiger partial charge in [-0.3, -0.25) is 13.9 Å². The smallest absolute Gasteiger partial charge is 0.243 e. The summed E-state index contributed by atoms with van der Waals surface area (Å²) in [6, 6.07) is 22.1. The lowest BCUT2D eigenvalue weighted by Gasteiger charge is -2.33. The van der Waals surface area contributed by atoms with Crippen molar-refractivity contribution >= 4 is 27.5 Å². The number of anilines is 1. The number of halogens is 1. The fourth-order valence-electron chi connectivity index (χ4n) is 4.64. The minimum absolute atomic E-state index is 0.0197. The van der Waals surface area contributed by atoms with E-state index >= 15 is 0 Å². The number of para-hydroxylation sites is 1. The summed E-state index contributed by atoms with van der Waals surface area (Å²) in [5.74, 6) is -1.18. The number of rotatable bonds is 14. The number of amides is 2. The number of carbonyl (C=O) groups is 2. The predicted octanol–water partition coefficient (Wildman–Crippen LogP) is 5.24. The van der Waals surface area contributed by atoms with Gasteiger partial charge in [-0.05, 0) is 49.9 Å². The van der Waals surface area contributed by atoms with Gasteiger partial charge in [0.1, 0.15) is 11.9 Å². The fourth-order valence-corrected chi connectivity index (χ4v) is 5.60. The molecule has 0 fully saturated rings. The Morgan fingerprint density at radius 1 is 0.951 bits per heavy atom. The molecule has 3 aromatic carbocycles. The fraction of sp³-hybridized carbons (Fsp3) is 0.375. The van der Waals surface area contributed by atoms with Crippen molar-refractivity contribution in [3.8, 4) is 0 Å². The van der Waals surface area contributed by atoms with Gasteiger partial charge in [0.15, 0.2) is 0 Å². The van der Waals surface area contributed by atoms with Crippen molar-refractivity contribution in [3.63, 3.8) is 0 Å². The second-order valence-electron chi connectivity index (χ2n) is 10.4. The summed E-state index contributed by atoms with van der Waals surface area (Å²) >= 11 is 0. The maximum atomic E-state index is 14.5. The van der Waals surface area contributed by atoms with Crippen molar-refractivity contribution in [2.75, 3.05) is 17.1 Å². The lowest BCUT2D eigenvalue weighted by atomic mass is 10.0. The first kappa shape index (κ1) is 31.8. The molecule has 0 bridgehead atoms. The number of aryl methyl sites for hydroxylation is 1. The van der Waals surface area contributed by atoms with Gasteiger partial charge < -0.3 is 10.2 Å². The van der Waals surface area contributed by atoms with Crippen molar-refractivity contribution in [3.05, 3.63) is 101 Å². The van der Waals surface area contributed by atoms with Crippen LogP contribution in [0.5, 0.6) is 0 Å². The van der Waals surface area contributed by atoms with Crippen LogP contribution in [0.1, 0.15) is 49.8 Å². The second-order valence-corrected chi connectivity index (χ2v) is 12.3. The van der Waals surface area contributed by atoms with Crippen LogP contribution in [0.25, 0.3) is 0 Å². The molecule has 2 amide bonds. The quantitative estimate of drug-likeness (QED) is 0.282. The summed E-state index contributed by atoms with van der Waals surface area (Å²) in [4.78, 5) is 29.1. The van der Waals surface area contributed by atoms with Crippen LogP contribution in [0.2, 0.25) is 0 Å². The number of nitrogens with zero attached hydrogens (tertiary/aromatic N) is 2. The molecular weight excluding hydrogens is 541 g/mol. The van der Waals surface area contributed by atoms with Crippen LogP contribution in [-0.4, -0.2) is 50.0 Å². The average molecular weight is 582 g/mol. The number of carbonyl (C=O) groups excluding carboxylic acids is 2. The molecule has 220 valence electrons. The van der Waals surface area contributed by atoms with E-state index in [1.54, 1.807) is 11.0 Å². The molecule has 0 unspecified atom stereocenters. The molecular formula is C32H40FN3O4S. The van der Waals surface area contributed by atoms with Crippen LogP contribution in [-0.2, 0) is 32.6 Å². The van der Waals surface area contributed by atoms with E-state index in [0.29, 0.717) is 6.42 Å². The van der Waals surface area contributed by atoms with Gasteiger partial charge in [0.2, 0.25) is 21.8 Å². The van der Waals surface area contributed by atoms with Crippen molar-refractivity contribution in [2.45, 2.75) is 65.1 Å². The van der Waals surface area contributed by atoms with E-state index in [1.807, 2.05) is 75.4 Å². The molecule has 0 aliphatic rings. The number of sulfonamides is 1. The minimum atomic E-state index is -3.79. The first-order valence-electron chi connectivity index (χ1n) is 13.9. The number of hydrogen-bond donors (Lipinski definition) is 1. The molecule has 2 atom stereocenters. The lowest BCUT2D eigenvalue weighted by Crippen LogP contribution is -2.52. The summed E-state index contributed by atoms with van der Waals surface area (Å²) in [7, 11) is -3.79. The predicted molar refractivity (Wildman–Crippen MR) is 161 cm³/mol. The topological polar surface area (TPSA) is 86.8 Å². The first-order valence-corrected chi connectivity index (χ1v) is 15.8. The van der Waals surface area contributed by atoms with Gasteiger partial charge in [0.05, 0.1) is 11.9 Å². The molecule has 0 aromatic heterocycles. The Kier molecular flexibility index (Phi) is 11.5. The van der Waals surface area contributed by atoms with Crippen LogP contribution in [0.15, 0.2) is 78.9 Å². The standard InChI is InChI=1S/C32H40FN3O4S/c1-5-25(3)34-32(38)30(22-26-14-7-6-8-15-26)35(23-27-16-11-13-24(2)21-27)31(37)19-12-20-36(41(4,39)40)29-18-10-9-17-28(29)33/h6-11,13-18,21,25,30H,5,12,19-20,22-23H2,1-4H3,(H,34,38)/t25-,30-/m1/s1. The minimum Gasteiger partial charge on any atom is -0.352 e. The zero-order valence-corrected chi connectivity index (χ0v) is 25.0. The lowest BCUT2D eigenvalue weighted by molar-refractivity contribution is -0.141. The molecule has 0 aliphatic carbocycles. The average Bonchev–Trinajstić information content (AvgIpc) is 2.93. The molecule has 9 heteroatoms. The summed E-state index contributed by atoms with van der Waals surface area (Å²) in [6.45, 7) is 6.01. The highest BCUT2D eigenvalue weighted by atomic mass is 32.2. The van der Waals surface area contributed by atoms with E-state index in [9.17, 15) is 22.4 Å². The monoisotopic (exact) mass is 581 g/mol. The van der Waals surface area contributed by atoms with E-state index in [4.69, 9.17) is 0 Å². The highest BCUT2D eigenvalue weighted by Crippen LogP contribution is 2.23. The maximum absolute atomic E-state index is 14.5. The zero-order chi connectivity index (χ0) is 30.0. The maximum Gasteiger partial charge on any atom is 0.243 e. The molecule has 41 heavy (non-hydrogen) atoms. The summed E-state index contributed by atoms with van der Waals surface area (Å²) < 4.78 is 40.5. The molecule has 0 aliphatic heterocycles. The number of hydrogen-bond acceptors (Lipinski definition) is 4. The van der Waals surface area contributed by atoms with Gasteiger partial charge in [0.25, 0.3) is 0 Å². The Morgan fingerprint density at radius 2 is 1.61 bits per heavy atom. The Hall–Kier alpha value is -3.72. The zero-order valence-electron chi connectivity index (χ0n) is 24.2. The summed E-state index contributed by atoms with van der Waals surface area (Å²) in [5.41, 5.74) is 2.78. The Bertz CT molecular complexity index is 1420. The van der Waals surface area contributed by atoms with E-state index in [2.05, 4.69) is 5.32 Å². The van der Waals surface area contributed by atoms with Crippen molar-refractivity contribution in [1.29, 1.82) is 0 Å². The molecule has 0 radical (unpaired) electrons.